The molecule has 1 aliphatic rings. The molecule has 0 bridgehead atoms. The van der Waals surface area contributed by atoms with Gasteiger partial charge in [-0.2, -0.15) is 0 Å². The van der Waals surface area contributed by atoms with Gasteiger partial charge in [0.1, 0.15) is 5.75 Å². The standard InChI is InChI=1S/C19H29N3O3.ClH/c1-14-6-5-7-15(2)19(14)25-13-18(24)22-11-4-3-8-16(22)12-21-17(23)9-10-20;/h5-7,16H,3-4,8-13,20H2,1-2H3,(H,21,23);1H. The maximum Gasteiger partial charge on any atom is 0.260 e. The Labute approximate surface area is 161 Å². The summed E-state index contributed by atoms with van der Waals surface area (Å²) in [7, 11) is 0. The summed E-state index contributed by atoms with van der Waals surface area (Å²) in [6, 6.07) is 5.96. The van der Waals surface area contributed by atoms with E-state index in [0.29, 0.717) is 26.1 Å². The number of rotatable bonds is 7. The summed E-state index contributed by atoms with van der Waals surface area (Å²) in [5.74, 6) is 0.688. The minimum atomic E-state index is -0.0627. The molecule has 6 nitrogen and oxygen atoms in total. The Morgan fingerprint density at radius 1 is 1.27 bits per heavy atom. The Kier molecular flexibility index (Phi) is 9.44. The van der Waals surface area contributed by atoms with E-state index in [1.807, 2.05) is 36.9 Å². The number of piperidine rings is 1. The van der Waals surface area contributed by atoms with E-state index in [1.165, 1.54) is 0 Å². The molecule has 146 valence electrons. The second-order valence-electron chi connectivity index (χ2n) is 6.59. The van der Waals surface area contributed by atoms with E-state index in [2.05, 4.69) is 5.32 Å². The van der Waals surface area contributed by atoms with Gasteiger partial charge in [0.2, 0.25) is 5.91 Å². The maximum absolute atomic E-state index is 12.6. The van der Waals surface area contributed by atoms with Crippen LogP contribution in [0.5, 0.6) is 5.75 Å². The molecular weight excluding hydrogens is 354 g/mol. The summed E-state index contributed by atoms with van der Waals surface area (Å²) in [6.45, 7) is 5.51. The predicted molar refractivity (Wildman–Crippen MR) is 105 cm³/mol. The van der Waals surface area contributed by atoms with Crippen molar-refractivity contribution in [2.45, 2.75) is 45.6 Å². The molecule has 2 amide bonds. The van der Waals surface area contributed by atoms with Gasteiger partial charge in [-0.25, -0.2) is 0 Å². The fourth-order valence-corrected chi connectivity index (χ4v) is 3.24. The Bertz CT molecular complexity index is 589. The van der Waals surface area contributed by atoms with Crippen LogP contribution in [-0.2, 0) is 9.59 Å². The maximum atomic E-state index is 12.6. The van der Waals surface area contributed by atoms with E-state index in [0.717, 1.165) is 36.1 Å². The first-order chi connectivity index (χ1) is 12.0. The number of hydrogen-bond donors (Lipinski definition) is 2. The van der Waals surface area contributed by atoms with E-state index in [4.69, 9.17) is 10.5 Å². The first-order valence-electron chi connectivity index (χ1n) is 8.98. The highest BCUT2D eigenvalue weighted by Gasteiger charge is 2.27. The highest BCUT2D eigenvalue weighted by Crippen LogP contribution is 2.23. The third-order valence-electron chi connectivity index (χ3n) is 4.60. The van der Waals surface area contributed by atoms with Crippen LogP contribution in [-0.4, -0.2) is 49.0 Å². The van der Waals surface area contributed by atoms with Gasteiger partial charge in [0.15, 0.2) is 6.61 Å². The molecule has 26 heavy (non-hydrogen) atoms. The molecule has 1 saturated heterocycles. The van der Waals surface area contributed by atoms with Crippen molar-refractivity contribution < 1.29 is 14.3 Å². The van der Waals surface area contributed by atoms with Gasteiger partial charge < -0.3 is 20.7 Å². The number of nitrogens with one attached hydrogen (secondary N) is 1. The van der Waals surface area contributed by atoms with Gasteiger partial charge in [-0.05, 0) is 44.2 Å². The Morgan fingerprint density at radius 2 is 1.96 bits per heavy atom. The Hall–Kier alpha value is -1.79. The van der Waals surface area contributed by atoms with Crippen LogP contribution in [0.25, 0.3) is 0 Å². The van der Waals surface area contributed by atoms with Crippen molar-refractivity contribution >= 4 is 24.2 Å². The molecule has 1 fully saturated rings. The van der Waals surface area contributed by atoms with Crippen LogP contribution in [0.2, 0.25) is 0 Å². The number of hydrogen-bond acceptors (Lipinski definition) is 4. The van der Waals surface area contributed by atoms with E-state index in [1.54, 1.807) is 0 Å². The van der Waals surface area contributed by atoms with Crippen molar-refractivity contribution in [1.29, 1.82) is 0 Å². The van der Waals surface area contributed by atoms with Crippen molar-refractivity contribution in [3.05, 3.63) is 29.3 Å². The molecule has 0 aromatic heterocycles. The fourth-order valence-electron chi connectivity index (χ4n) is 3.24. The Balaban J connectivity index is 0.00000338. The lowest BCUT2D eigenvalue weighted by Crippen LogP contribution is -2.50. The van der Waals surface area contributed by atoms with E-state index in [9.17, 15) is 9.59 Å². The number of aryl methyl sites for hydroxylation is 2. The average molecular weight is 384 g/mol. The lowest BCUT2D eigenvalue weighted by molar-refractivity contribution is -0.137. The predicted octanol–water partition coefficient (Wildman–Crippen LogP) is 1.95. The SMILES string of the molecule is Cc1cccc(C)c1OCC(=O)N1CCCCC1CNC(=O)CCN.Cl. The largest absolute Gasteiger partial charge is 0.483 e. The first-order valence-corrected chi connectivity index (χ1v) is 8.98. The van der Waals surface area contributed by atoms with Crippen LogP contribution in [0.15, 0.2) is 18.2 Å². The number of para-hydroxylation sites is 1. The molecule has 0 aliphatic carbocycles. The van der Waals surface area contributed by atoms with E-state index in [-0.39, 0.29) is 36.9 Å². The van der Waals surface area contributed by atoms with Gasteiger partial charge in [-0.3, -0.25) is 9.59 Å². The summed E-state index contributed by atoms with van der Waals surface area (Å²) >= 11 is 0. The molecule has 2 rings (SSSR count). The molecule has 1 unspecified atom stereocenters. The molecule has 0 saturated carbocycles. The third-order valence-corrected chi connectivity index (χ3v) is 4.60. The monoisotopic (exact) mass is 383 g/mol. The smallest absolute Gasteiger partial charge is 0.260 e. The molecule has 1 aromatic rings. The van der Waals surface area contributed by atoms with E-state index >= 15 is 0 Å². The number of amides is 2. The molecule has 3 N–H and O–H groups in total. The molecule has 7 heteroatoms. The molecule has 1 atom stereocenters. The second kappa shape index (κ2) is 11.0. The van der Waals surface area contributed by atoms with Crippen LogP contribution in [0.1, 0.15) is 36.8 Å². The summed E-state index contributed by atoms with van der Waals surface area (Å²) in [6.07, 6.45) is 3.27. The summed E-state index contributed by atoms with van der Waals surface area (Å²) in [4.78, 5) is 26.1. The van der Waals surface area contributed by atoms with Gasteiger partial charge in [-0.15, -0.1) is 12.4 Å². The number of likely N-dealkylation sites (tertiary alicyclic amines) is 1. The van der Waals surface area contributed by atoms with Gasteiger partial charge >= 0.3 is 0 Å². The van der Waals surface area contributed by atoms with Crippen LogP contribution in [0, 0.1) is 13.8 Å². The van der Waals surface area contributed by atoms with Crippen LogP contribution >= 0.6 is 12.4 Å². The lowest BCUT2D eigenvalue weighted by atomic mass is 10.0. The zero-order valence-corrected chi connectivity index (χ0v) is 16.4. The van der Waals surface area contributed by atoms with E-state index < -0.39 is 0 Å². The minimum absolute atomic E-state index is 0. The second-order valence-corrected chi connectivity index (χ2v) is 6.59. The highest BCUT2D eigenvalue weighted by atomic mass is 35.5. The molecule has 0 radical (unpaired) electrons. The average Bonchev–Trinajstić information content (AvgIpc) is 2.60. The molecular formula is C19H30ClN3O3. The van der Waals surface area contributed by atoms with Crippen molar-refractivity contribution in [1.82, 2.24) is 10.2 Å². The number of ether oxygens (including phenoxy) is 1. The molecule has 1 aliphatic heterocycles. The van der Waals surface area contributed by atoms with Crippen LogP contribution in [0.4, 0.5) is 0 Å². The van der Waals surface area contributed by atoms with Gasteiger partial charge in [0.05, 0.1) is 0 Å². The number of nitrogens with two attached hydrogens (primary N) is 1. The number of nitrogens with zero attached hydrogens (tertiary/aromatic N) is 1. The lowest BCUT2D eigenvalue weighted by Gasteiger charge is -2.36. The zero-order valence-electron chi connectivity index (χ0n) is 15.6. The highest BCUT2D eigenvalue weighted by molar-refractivity contribution is 5.85. The van der Waals surface area contributed by atoms with Crippen molar-refractivity contribution in [2.75, 3.05) is 26.2 Å². The molecule has 1 heterocycles. The van der Waals surface area contributed by atoms with Crippen molar-refractivity contribution in [3.63, 3.8) is 0 Å². The summed E-state index contributed by atoms with van der Waals surface area (Å²) in [5, 5.41) is 2.88. The van der Waals surface area contributed by atoms with Gasteiger partial charge in [-0.1, -0.05) is 18.2 Å². The number of carbonyl (C=O) groups is 2. The topological polar surface area (TPSA) is 84.7 Å². The quantitative estimate of drug-likeness (QED) is 0.753. The molecule has 0 spiro atoms. The number of carbonyl (C=O) groups excluding carboxylic acids is 2. The third kappa shape index (κ3) is 6.18. The minimum Gasteiger partial charge on any atom is -0.483 e. The van der Waals surface area contributed by atoms with Crippen LogP contribution < -0.4 is 15.8 Å². The van der Waals surface area contributed by atoms with Gasteiger partial charge in [0, 0.05) is 32.1 Å². The number of benzene rings is 1. The first kappa shape index (κ1) is 22.3. The van der Waals surface area contributed by atoms with Crippen molar-refractivity contribution in [2.24, 2.45) is 5.73 Å². The Morgan fingerprint density at radius 3 is 2.62 bits per heavy atom. The zero-order chi connectivity index (χ0) is 18.2. The van der Waals surface area contributed by atoms with Crippen LogP contribution in [0.3, 0.4) is 0 Å². The number of halogens is 1. The van der Waals surface area contributed by atoms with Gasteiger partial charge in [0.25, 0.3) is 5.91 Å². The summed E-state index contributed by atoms with van der Waals surface area (Å²) in [5.41, 5.74) is 7.44. The molecule has 1 aromatic carbocycles. The fraction of sp³-hybridized carbons (Fsp3) is 0.579. The van der Waals surface area contributed by atoms with Crippen molar-refractivity contribution in [3.8, 4) is 5.75 Å². The normalized spacial score (nSPS) is 16.6. The summed E-state index contributed by atoms with van der Waals surface area (Å²) < 4.78 is 5.80.